The van der Waals surface area contributed by atoms with Crippen molar-refractivity contribution in [3.63, 3.8) is 0 Å². The van der Waals surface area contributed by atoms with Gasteiger partial charge in [0.2, 0.25) is 6.10 Å². The van der Waals surface area contributed by atoms with Gasteiger partial charge in [0, 0.05) is 33.3 Å². The van der Waals surface area contributed by atoms with Gasteiger partial charge in [0.25, 0.3) is 0 Å². The molecule has 0 bridgehead atoms. The Hall–Kier alpha value is -3.32. The normalized spacial score (nSPS) is 27.3. The molecule has 0 radical (unpaired) electrons. The molecule has 2 aliphatic heterocycles. The van der Waals surface area contributed by atoms with Crippen LogP contribution in [0.5, 0.6) is 5.75 Å². The molecule has 3 rings (SSSR count). The summed E-state index contributed by atoms with van der Waals surface area (Å²) in [5.74, 6) is -2.20. The van der Waals surface area contributed by atoms with E-state index in [2.05, 4.69) is 5.16 Å². The Bertz CT molecular complexity index is 1010. The number of hydrogen-bond donors (Lipinski definition) is 0. The number of carbonyl (C=O) groups is 4. The van der Waals surface area contributed by atoms with E-state index in [-0.39, 0.29) is 6.61 Å². The molecular formula is C22H25NO11S. The predicted octanol–water partition coefficient (Wildman–Crippen LogP) is 1.53. The molecule has 2 heterocycles. The van der Waals surface area contributed by atoms with Crippen molar-refractivity contribution in [2.75, 3.05) is 13.7 Å². The molecular weight excluding hydrogens is 486 g/mol. The summed E-state index contributed by atoms with van der Waals surface area (Å²) in [7, 11) is 1.53. The molecule has 1 aromatic carbocycles. The monoisotopic (exact) mass is 511 g/mol. The number of hydrogen-bond acceptors (Lipinski definition) is 13. The van der Waals surface area contributed by atoms with E-state index in [9.17, 15) is 19.2 Å². The molecule has 3 unspecified atom stereocenters. The van der Waals surface area contributed by atoms with Crippen molar-refractivity contribution in [2.24, 2.45) is 5.16 Å². The van der Waals surface area contributed by atoms with Crippen molar-refractivity contribution >= 4 is 40.7 Å². The summed E-state index contributed by atoms with van der Waals surface area (Å²) in [6, 6.07) is 6.91. The molecule has 2 aliphatic rings. The Morgan fingerprint density at radius 2 is 1.51 bits per heavy atom. The van der Waals surface area contributed by atoms with Gasteiger partial charge in [-0.3, -0.25) is 19.2 Å². The number of benzene rings is 1. The number of ether oxygens (including phenoxy) is 6. The van der Waals surface area contributed by atoms with Crippen LogP contribution in [0.2, 0.25) is 0 Å². The zero-order valence-corrected chi connectivity index (χ0v) is 20.5. The Kier molecular flexibility index (Phi) is 8.22. The summed E-state index contributed by atoms with van der Waals surface area (Å²) in [4.78, 5) is 53.0. The van der Waals surface area contributed by atoms with Crippen LogP contribution in [0.1, 0.15) is 33.3 Å². The summed E-state index contributed by atoms with van der Waals surface area (Å²) in [5.41, 5.74) is 0.639. The second-order valence-electron chi connectivity index (χ2n) is 7.56. The zero-order chi connectivity index (χ0) is 25.8. The number of esters is 4. The Morgan fingerprint density at radius 3 is 2.06 bits per heavy atom. The van der Waals surface area contributed by atoms with Crippen LogP contribution < -0.4 is 4.74 Å². The molecule has 1 aromatic rings. The lowest BCUT2D eigenvalue weighted by Crippen LogP contribution is -2.67. The molecule has 5 atom stereocenters. The number of rotatable bonds is 7. The van der Waals surface area contributed by atoms with E-state index in [1.807, 2.05) is 0 Å². The third-order valence-electron chi connectivity index (χ3n) is 4.83. The fourth-order valence-corrected chi connectivity index (χ4v) is 4.65. The maximum Gasteiger partial charge on any atom is 0.332 e. The standard InChI is InChI=1S/C22H25NO11S/c1-11(24)29-10-17-18(30-12(2)25)19(31-13(3)26)20(32-14(4)27)22(33-17)34-23-21(35-22)15-6-8-16(28-5)9-7-15/h6-9,17-20H,10H2,1-5H3/t17?,18-,19?,20?,22+/m1/s1. The van der Waals surface area contributed by atoms with Crippen LogP contribution in [0, 0.1) is 0 Å². The van der Waals surface area contributed by atoms with E-state index in [1.165, 1.54) is 14.0 Å². The molecule has 0 saturated carbocycles. The highest BCUT2D eigenvalue weighted by atomic mass is 32.2. The molecule has 1 fully saturated rings. The van der Waals surface area contributed by atoms with Crippen LogP contribution in [0.25, 0.3) is 0 Å². The van der Waals surface area contributed by atoms with Crippen molar-refractivity contribution in [1.29, 1.82) is 0 Å². The minimum atomic E-state index is -1.84. The lowest BCUT2D eigenvalue weighted by Gasteiger charge is -2.47. The average molecular weight is 512 g/mol. The van der Waals surface area contributed by atoms with Gasteiger partial charge in [0.15, 0.2) is 12.2 Å². The van der Waals surface area contributed by atoms with Gasteiger partial charge in [0.1, 0.15) is 23.5 Å². The molecule has 13 heteroatoms. The maximum absolute atomic E-state index is 12.0. The lowest BCUT2D eigenvalue weighted by molar-refractivity contribution is -0.323. The predicted molar refractivity (Wildman–Crippen MR) is 119 cm³/mol. The van der Waals surface area contributed by atoms with Crippen LogP contribution in [-0.4, -0.2) is 72.2 Å². The maximum atomic E-state index is 12.0. The third-order valence-corrected chi connectivity index (χ3v) is 6.02. The SMILES string of the molecule is COc1ccc(C2=NO[C@]3(OC(COC(C)=O)[C@@H](OC(C)=O)C(OC(C)=O)C3OC(C)=O)S2)cc1. The zero-order valence-electron chi connectivity index (χ0n) is 19.7. The van der Waals surface area contributed by atoms with Crippen molar-refractivity contribution in [3.05, 3.63) is 29.8 Å². The van der Waals surface area contributed by atoms with Crippen molar-refractivity contribution < 1.29 is 52.4 Å². The number of carbonyl (C=O) groups excluding carboxylic acids is 4. The fraction of sp³-hybridized carbons (Fsp3) is 0.500. The van der Waals surface area contributed by atoms with Gasteiger partial charge in [0.05, 0.1) is 7.11 Å². The van der Waals surface area contributed by atoms with Gasteiger partial charge in [-0.2, -0.15) is 0 Å². The Labute approximate surface area is 205 Å². The first-order valence-corrected chi connectivity index (χ1v) is 11.3. The number of oxime groups is 1. The molecule has 12 nitrogen and oxygen atoms in total. The van der Waals surface area contributed by atoms with Crippen LogP contribution in [-0.2, 0) is 47.7 Å². The smallest absolute Gasteiger partial charge is 0.332 e. The first kappa shape index (κ1) is 26.3. The van der Waals surface area contributed by atoms with E-state index in [4.69, 9.17) is 33.3 Å². The van der Waals surface area contributed by atoms with Gasteiger partial charge in [-0.05, 0) is 36.0 Å². The number of methoxy groups -OCH3 is 1. The third kappa shape index (κ3) is 6.22. The van der Waals surface area contributed by atoms with E-state index in [1.54, 1.807) is 24.3 Å². The first-order valence-electron chi connectivity index (χ1n) is 10.5. The molecule has 0 amide bonds. The highest BCUT2D eigenvalue weighted by Crippen LogP contribution is 2.48. The van der Waals surface area contributed by atoms with Gasteiger partial charge in [-0.25, -0.2) is 0 Å². The minimum Gasteiger partial charge on any atom is -0.497 e. The molecule has 1 spiro atoms. The van der Waals surface area contributed by atoms with Gasteiger partial charge < -0.3 is 33.3 Å². The summed E-state index contributed by atoms with van der Waals surface area (Å²) >= 11 is 0.956. The van der Waals surface area contributed by atoms with E-state index in [0.29, 0.717) is 16.4 Å². The lowest BCUT2D eigenvalue weighted by atomic mass is 9.98. The second-order valence-corrected chi connectivity index (χ2v) is 8.72. The molecule has 0 N–H and O–H groups in total. The minimum absolute atomic E-state index is 0.364. The quantitative estimate of drug-likeness (QED) is 0.386. The van der Waals surface area contributed by atoms with Crippen LogP contribution in [0.4, 0.5) is 0 Å². The summed E-state index contributed by atoms with van der Waals surface area (Å²) in [6.45, 7) is 4.25. The Morgan fingerprint density at radius 1 is 0.914 bits per heavy atom. The Balaban J connectivity index is 2.01. The first-order chi connectivity index (χ1) is 16.5. The molecule has 190 valence electrons. The highest BCUT2D eigenvalue weighted by Gasteiger charge is 2.65. The van der Waals surface area contributed by atoms with Gasteiger partial charge in [-0.15, -0.1) is 0 Å². The summed E-state index contributed by atoms with van der Waals surface area (Å²) in [5, 5.41) is 2.61. The van der Waals surface area contributed by atoms with Crippen LogP contribution in [0.3, 0.4) is 0 Å². The molecule has 0 aromatic heterocycles. The summed E-state index contributed by atoms with van der Waals surface area (Å²) in [6.07, 6.45) is -5.23. The van der Waals surface area contributed by atoms with Gasteiger partial charge in [-0.1, -0.05) is 5.16 Å². The van der Waals surface area contributed by atoms with E-state index < -0.39 is 53.4 Å². The molecule has 35 heavy (non-hydrogen) atoms. The van der Waals surface area contributed by atoms with Crippen molar-refractivity contribution in [2.45, 2.75) is 57.2 Å². The number of thioether (sulfide) groups is 1. The summed E-state index contributed by atoms with van der Waals surface area (Å²) < 4.78 is 32.6. The van der Waals surface area contributed by atoms with Gasteiger partial charge >= 0.3 is 29.0 Å². The number of nitrogens with zero attached hydrogens (tertiary/aromatic N) is 1. The van der Waals surface area contributed by atoms with Crippen molar-refractivity contribution in [1.82, 2.24) is 0 Å². The topological polar surface area (TPSA) is 145 Å². The van der Waals surface area contributed by atoms with Crippen LogP contribution in [0.15, 0.2) is 29.4 Å². The fourth-order valence-electron chi connectivity index (χ4n) is 3.51. The average Bonchev–Trinajstić information content (AvgIpc) is 3.21. The molecule has 0 aliphatic carbocycles. The molecule has 1 saturated heterocycles. The highest BCUT2D eigenvalue weighted by molar-refractivity contribution is 8.15. The van der Waals surface area contributed by atoms with E-state index >= 15 is 0 Å². The largest absolute Gasteiger partial charge is 0.497 e. The van der Waals surface area contributed by atoms with E-state index in [0.717, 1.165) is 32.5 Å². The van der Waals surface area contributed by atoms with Crippen molar-refractivity contribution in [3.8, 4) is 5.75 Å². The van der Waals surface area contributed by atoms with Crippen LogP contribution >= 0.6 is 11.8 Å². The second kappa shape index (κ2) is 11.0.